The molecule has 1 aromatic heterocycles. The molecule has 1 aliphatic heterocycles. The molecule has 2 rings (SSSR count). The second kappa shape index (κ2) is 1.90. The zero-order valence-corrected chi connectivity index (χ0v) is 5.96. The Bertz CT molecular complexity index is 271. The average molecular weight is 134 g/mol. The third-order valence-corrected chi connectivity index (χ3v) is 1.75. The summed E-state index contributed by atoms with van der Waals surface area (Å²) in [6.45, 7) is 0.965. The maximum Gasteiger partial charge on any atom is 0.0416 e. The van der Waals surface area contributed by atoms with E-state index in [4.69, 9.17) is 0 Å². The summed E-state index contributed by atoms with van der Waals surface area (Å²) in [6.07, 6.45) is 8.36. The molecule has 10 heavy (non-hydrogen) atoms. The van der Waals surface area contributed by atoms with Gasteiger partial charge < -0.3 is 9.88 Å². The van der Waals surface area contributed by atoms with E-state index in [2.05, 4.69) is 28.4 Å². The summed E-state index contributed by atoms with van der Waals surface area (Å²) in [7, 11) is 2.05. The second-order valence-electron chi connectivity index (χ2n) is 2.62. The van der Waals surface area contributed by atoms with Crippen LogP contribution in [0, 0.1) is 0 Å². The summed E-state index contributed by atoms with van der Waals surface area (Å²) in [5, 5.41) is 3.16. The molecule has 1 aromatic rings. The maximum absolute atomic E-state index is 3.16. The number of nitrogens with zero attached hydrogens (tertiary/aromatic N) is 1. The van der Waals surface area contributed by atoms with Crippen molar-refractivity contribution >= 4 is 6.08 Å². The van der Waals surface area contributed by atoms with Gasteiger partial charge in [0.2, 0.25) is 0 Å². The van der Waals surface area contributed by atoms with E-state index >= 15 is 0 Å². The molecule has 0 bridgehead atoms. The lowest BCUT2D eigenvalue weighted by atomic mass is 10.1. The van der Waals surface area contributed by atoms with Gasteiger partial charge in [-0.15, -0.1) is 0 Å². The van der Waals surface area contributed by atoms with Gasteiger partial charge in [0.25, 0.3) is 0 Å². The largest absolute Gasteiger partial charge is 0.387 e. The van der Waals surface area contributed by atoms with Gasteiger partial charge in [-0.1, -0.05) is 0 Å². The normalized spacial score (nSPS) is 14.5. The van der Waals surface area contributed by atoms with Crippen molar-refractivity contribution in [3.8, 4) is 0 Å². The summed E-state index contributed by atoms with van der Waals surface area (Å²) in [6, 6.07) is 0. The van der Waals surface area contributed by atoms with Crippen LogP contribution in [0.4, 0.5) is 0 Å². The second-order valence-corrected chi connectivity index (χ2v) is 2.62. The minimum Gasteiger partial charge on any atom is -0.387 e. The van der Waals surface area contributed by atoms with E-state index in [1.54, 1.807) is 0 Å². The highest BCUT2D eigenvalue weighted by Crippen LogP contribution is 2.14. The van der Waals surface area contributed by atoms with Gasteiger partial charge >= 0.3 is 0 Å². The molecule has 0 saturated carbocycles. The van der Waals surface area contributed by atoms with Crippen molar-refractivity contribution in [1.29, 1.82) is 0 Å². The molecule has 52 valence electrons. The predicted octanol–water partition coefficient (Wildman–Crippen LogP) is 1.10. The molecule has 0 saturated heterocycles. The molecule has 2 heterocycles. The van der Waals surface area contributed by atoms with E-state index in [0.717, 1.165) is 6.54 Å². The number of nitrogens with one attached hydrogen (secondary N) is 1. The van der Waals surface area contributed by atoms with E-state index < -0.39 is 0 Å². The van der Waals surface area contributed by atoms with Crippen LogP contribution in [0.15, 0.2) is 18.6 Å². The number of fused-ring (bicyclic) bond motifs is 1. The monoisotopic (exact) mass is 134 g/mol. The Morgan fingerprint density at radius 2 is 2.40 bits per heavy atom. The van der Waals surface area contributed by atoms with Crippen LogP contribution in [0.25, 0.3) is 6.08 Å². The van der Waals surface area contributed by atoms with E-state index in [0.29, 0.717) is 0 Å². The van der Waals surface area contributed by atoms with Crippen molar-refractivity contribution in [3.63, 3.8) is 0 Å². The summed E-state index contributed by atoms with van der Waals surface area (Å²) >= 11 is 0. The smallest absolute Gasteiger partial charge is 0.0416 e. The van der Waals surface area contributed by atoms with E-state index in [-0.39, 0.29) is 0 Å². The van der Waals surface area contributed by atoms with E-state index in [1.807, 2.05) is 13.2 Å². The lowest BCUT2D eigenvalue weighted by Gasteiger charge is -2.04. The van der Waals surface area contributed by atoms with Gasteiger partial charge in [-0.2, -0.15) is 0 Å². The molecular weight excluding hydrogens is 124 g/mol. The lowest BCUT2D eigenvalue weighted by Crippen LogP contribution is -2.07. The summed E-state index contributed by atoms with van der Waals surface area (Å²) in [5.74, 6) is 0. The molecule has 0 atom stereocenters. The molecule has 2 nitrogen and oxygen atoms in total. The molecule has 0 radical (unpaired) electrons. The third kappa shape index (κ3) is 0.727. The van der Waals surface area contributed by atoms with Crippen LogP contribution < -0.4 is 5.32 Å². The number of rotatable bonds is 0. The Labute approximate surface area is 60.2 Å². The summed E-state index contributed by atoms with van der Waals surface area (Å²) < 4.78 is 2.09. The quantitative estimate of drug-likeness (QED) is 0.562. The Morgan fingerprint density at radius 1 is 1.50 bits per heavy atom. The highest BCUT2D eigenvalue weighted by atomic mass is 14.9. The fourth-order valence-electron chi connectivity index (χ4n) is 1.28. The van der Waals surface area contributed by atoms with Crippen molar-refractivity contribution in [2.45, 2.75) is 6.54 Å². The predicted molar refractivity (Wildman–Crippen MR) is 41.3 cm³/mol. The molecule has 0 amide bonds. The van der Waals surface area contributed by atoms with E-state index in [9.17, 15) is 0 Å². The molecule has 0 unspecified atom stereocenters. The van der Waals surface area contributed by atoms with Crippen molar-refractivity contribution in [2.24, 2.45) is 7.05 Å². The van der Waals surface area contributed by atoms with Crippen molar-refractivity contribution in [1.82, 2.24) is 9.88 Å². The molecule has 0 aliphatic carbocycles. The minimum absolute atomic E-state index is 0.965. The SMILES string of the molecule is Cn1cc2c(c1)CNC=C2. The maximum atomic E-state index is 3.16. The van der Waals surface area contributed by atoms with Crippen molar-refractivity contribution in [3.05, 3.63) is 29.7 Å². The summed E-state index contributed by atoms with van der Waals surface area (Å²) in [5.41, 5.74) is 2.71. The van der Waals surface area contributed by atoms with Gasteiger partial charge in [0.05, 0.1) is 0 Å². The minimum atomic E-state index is 0.965. The fraction of sp³-hybridized carbons (Fsp3) is 0.250. The van der Waals surface area contributed by atoms with Gasteiger partial charge in [0, 0.05) is 26.0 Å². The first-order valence-electron chi connectivity index (χ1n) is 3.41. The highest BCUT2D eigenvalue weighted by Gasteiger charge is 2.03. The zero-order valence-electron chi connectivity index (χ0n) is 5.96. The van der Waals surface area contributed by atoms with E-state index in [1.165, 1.54) is 11.1 Å². The van der Waals surface area contributed by atoms with Crippen LogP contribution >= 0.6 is 0 Å². The van der Waals surface area contributed by atoms with Crippen LogP contribution in [-0.4, -0.2) is 4.57 Å². The van der Waals surface area contributed by atoms with Gasteiger partial charge in [0.1, 0.15) is 0 Å². The zero-order chi connectivity index (χ0) is 6.97. The van der Waals surface area contributed by atoms with Crippen LogP contribution in [-0.2, 0) is 13.6 Å². The fourth-order valence-corrected chi connectivity index (χ4v) is 1.28. The van der Waals surface area contributed by atoms with Gasteiger partial charge in [-0.05, 0) is 23.4 Å². The van der Waals surface area contributed by atoms with Crippen LogP contribution in [0.2, 0.25) is 0 Å². The molecule has 1 aliphatic rings. The van der Waals surface area contributed by atoms with Gasteiger partial charge in [0.15, 0.2) is 0 Å². The van der Waals surface area contributed by atoms with Crippen LogP contribution in [0.1, 0.15) is 11.1 Å². The van der Waals surface area contributed by atoms with Crippen LogP contribution in [0.3, 0.4) is 0 Å². The highest BCUT2D eigenvalue weighted by molar-refractivity contribution is 5.54. The Balaban J connectivity index is 2.53. The van der Waals surface area contributed by atoms with Gasteiger partial charge in [-0.3, -0.25) is 0 Å². The summed E-state index contributed by atoms with van der Waals surface area (Å²) in [4.78, 5) is 0. The first kappa shape index (κ1) is 5.59. The Morgan fingerprint density at radius 3 is 3.20 bits per heavy atom. The molecule has 0 fully saturated rings. The van der Waals surface area contributed by atoms with Crippen LogP contribution in [0.5, 0.6) is 0 Å². The molecule has 0 aromatic carbocycles. The third-order valence-electron chi connectivity index (χ3n) is 1.75. The topological polar surface area (TPSA) is 17.0 Å². The Kier molecular flexibility index (Phi) is 1.07. The molecule has 1 N–H and O–H groups in total. The lowest BCUT2D eigenvalue weighted by molar-refractivity contribution is 0.851. The molecule has 2 heteroatoms. The molecular formula is C8H10N2. The Hall–Kier alpha value is -1.18. The van der Waals surface area contributed by atoms with Crippen molar-refractivity contribution in [2.75, 3.05) is 0 Å². The average Bonchev–Trinajstić information content (AvgIpc) is 2.27. The van der Waals surface area contributed by atoms with Gasteiger partial charge in [-0.25, -0.2) is 0 Å². The van der Waals surface area contributed by atoms with Crippen molar-refractivity contribution < 1.29 is 0 Å². The molecule has 0 spiro atoms. The first-order chi connectivity index (χ1) is 4.86. The number of aromatic nitrogens is 1. The number of hydrogen-bond acceptors (Lipinski definition) is 1. The number of aryl methyl sites for hydroxylation is 1. The standard InChI is InChI=1S/C8H10N2/c1-10-5-7-2-3-9-4-8(7)6-10/h2-3,5-6,9H,4H2,1H3. The first-order valence-corrected chi connectivity index (χ1v) is 3.41. The number of hydrogen-bond donors (Lipinski definition) is 1.